The monoisotopic (exact) mass is 245 g/mol. The highest BCUT2D eigenvalue weighted by Crippen LogP contribution is 2.17. The van der Waals surface area contributed by atoms with Crippen molar-refractivity contribution < 1.29 is 4.74 Å². The zero-order valence-corrected chi connectivity index (χ0v) is 10.7. The number of para-hydroxylation sites is 1. The molecule has 1 aliphatic heterocycles. The van der Waals surface area contributed by atoms with Crippen molar-refractivity contribution in [2.75, 3.05) is 19.8 Å². The van der Waals surface area contributed by atoms with Gasteiger partial charge < -0.3 is 10.1 Å². The van der Waals surface area contributed by atoms with Crippen LogP contribution < -0.4 is 5.32 Å². The lowest BCUT2D eigenvalue weighted by atomic mass is 10.1. The molecule has 4 heteroatoms. The Labute approximate surface area is 107 Å². The standard InChI is InChI=1S/C14H19N3O/c1-17-14-5-3-2-4-12(14)13(16-17)9-15-8-11-6-7-18-10-11/h2-5,11,15H,6-10H2,1H3. The number of hydrogen-bond acceptors (Lipinski definition) is 3. The fourth-order valence-corrected chi connectivity index (χ4v) is 2.56. The summed E-state index contributed by atoms with van der Waals surface area (Å²) in [5, 5.41) is 9.32. The van der Waals surface area contributed by atoms with Crippen LogP contribution in [0, 0.1) is 5.92 Å². The Morgan fingerprint density at radius 3 is 3.17 bits per heavy atom. The molecular formula is C14H19N3O. The van der Waals surface area contributed by atoms with Crippen LogP contribution in [0.2, 0.25) is 0 Å². The molecule has 1 aromatic carbocycles. The molecule has 2 aromatic rings. The predicted molar refractivity (Wildman–Crippen MR) is 71.3 cm³/mol. The number of hydrogen-bond donors (Lipinski definition) is 1. The van der Waals surface area contributed by atoms with E-state index in [0.29, 0.717) is 5.92 Å². The minimum atomic E-state index is 0.667. The Balaban J connectivity index is 1.67. The SMILES string of the molecule is Cn1nc(CNCC2CCOC2)c2ccccc21. The summed E-state index contributed by atoms with van der Waals surface area (Å²) in [6.07, 6.45) is 1.18. The molecule has 1 unspecified atom stereocenters. The number of ether oxygens (including phenoxy) is 1. The molecule has 0 amide bonds. The van der Waals surface area contributed by atoms with E-state index >= 15 is 0 Å². The van der Waals surface area contributed by atoms with Gasteiger partial charge >= 0.3 is 0 Å². The van der Waals surface area contributed by atoms with Crippen LogP contribution in [0.4, 0.5) is 0 Å². The van der Waals surface area contributed by atoms with Crippen LogP contribution in [0.25, 0.3) is 10.9 Å². The molecule has 0 radical (unpaired) electrons. The van der Waals surface area contributed by atoms with Crippen molar-refractivity contribution in [2.24, 2.45) is 13.0 Å². The second kappa shape index (κ2) is 5.08. The summed E-state index contributed by atoms with van der Waals surface area (Å²) in [7, 11) is 2.00. The summed E-state index contributed by atoms with van der Waals surface area (Å²) < 4.78 is 7.32. The summed E-state index contributed by atoms with van der Waals surface area (Å²) in [4.78, 5) is 0. The number of benzene rings is 1. The first-order valence-corrected chi connectivity index (χ1v) is 6.53. The number of rotatable bonds is 4. The van der Waals surface area contributed by atoms with E-state index < -0.39 is 0 Å². The lowest BCUT2D eigenvalue weighted by Gasteiger charge is -2.07. The van der Waals surface area contributed by atoms with Gasteiger partial charge in [0.2, 0.25) is 0 Å². The van der Waals surface area contributed by atoms with Gasteiger partial charge in [0, 0.05) is 32.1 Å². The van der Waals surface area contributed by atoms with Crippen molar-refractivity contribution in [3.63, 3.8) is 0 Å². The molecular weight excluding hydrogens is 226 g/mol. The number of nitrogens with zero attached hydrogens (tertiary/aromatic N) is 2. The quantitative estimate of drug-likeness (QED) is 0.891. The molecule has 4 nitrogen and oxygen atoms in total. The molecule has 0 saturated carbocycles. The Morgan fingerprint density at radius 1 is 1.44 bits per heavy atom. The van der Waals surface area contributed by atoms with Crippen molar-refractivity contribution in [1.29, 1.82) is 0 Å². The number of aryl methyl sites for hydroxylation is 1. The fraction of sp³-hybridized carbons (Fsp3) is 0.500. The number of fused-ring (bicyclic) bond motifs is 1. The van der Waals surface area contributed by atoms with Gasteiger partial charge in [-0.05, 0) is 18.4 Å². The van der Waals surface area contributed by atoms with Crippen LogP contribution in [0.15, 0.2) is 24.3 Å². The molecule has 2 heterocycles. The first-order chi connectivity index (χ1) is 8.84. The third kappa shape index (κ3) is 2.26. The zero-order valence-electron chi connectivity index (χ0n) is 10.7. The van der Waals surface area contributed by atoms with Crippen LogP contribution in [0.1, 0.15) is 12.1 Å². The van der Waals surface area contributed by atoms with Crippen molar-refractivity contribution in [3.8, 4) is 0 Å². The van der Waals surface area contributed by atoms with Crippen molar-refractivity contribution in [1.82, 2.24) is 15.1 Å². The highest BCUT2D eigenvalue weighted by molar-refractivity contribution is 5.81. The largest absolute Gasteiger partial charge is 0.381 e. The van der Waals surface area contributed by atoms with Crippen molar-refractivity contribution in [2.45, 2.75) is 13.0 Å². The minimum Gasteiger partial charge on any atom is -0.381 e. The summed E-state index contributed by atoms with van der Waals surface area (Å²) in [6, 6.07) is 8.37. The molecule has 0 aliphatic carbocycles. The smallest absolute Gasteiger partial charge is 0.0841 e. The summed E-state index contributed by atoms with van der Waals surface area (Å²) in [6.45, 7) is 3.66. The van der Waals surface area contributed by atoms with Crippen LogP contribution in [-0.4, -0.2) is 29.5 Å². The average molecular weight is 245 g/mol. The molecule has 1 aromatic heterocycles. The zero-order chi connectivity index (χ0) is 12.4. The van der Waals surface area contributed by atoms with Gasteiger partial charge in [-0.2, -0.15) is 5.10 Å². The maximum Gasteiger partial charge on any atom is 0.0841 e. The Kier molecular flexibility index (Phi) is 3.30. The van der Waals surface area contributed by atoms with E-state index in [1.165, 1.54) is 17.3 Å². The number of aromatic nitrogens is 2. The van der Waals surface area contributed by atoms with Gasteiger partial charge in [-0.1, -0.05) is 18.2 Å². The van der Waals surface area contributed by atoms with E-state index in [1.807, 2.05) is 11.7 Å². The molecule has 96 valence electrons. The third-order valence-electron chi connectivity index (χ3n) is 3.58. The molecule has 1 fully saturated rings. The topological polar surface area (TPSA) is 39.1 Å². The maximum absolute atomic E-state index is 5.37. The molecule has 3 rings (SSSR count). The average Bonchev–Trinajstić information content (AvgIpc) is 3.00. The van der Waals surface area contributed by atoms with Gasteiger partial charge in [-0.3, -0.25) is 4.68 Å². The van der Waals surface area contributed by atoms with Crippen LogP contribution in [-0.2, 0) is 18.3 Å². The second-order valence-corrected chi connectivity index (χ2v) is 4.95. The fourth-order valence-electron chi connectivity index (χ4n) is 2.56. The van der Waals surface area contributed by atoms with Crippen LogP contribution in [0.5, 0.6) is 0 Å². The van der Waals surface area contributed by atoms with Crippen LogP contribution in [0.3, 0.4) is 0 Å². The number of nitrogens with one attached hydrogen (secondary N) is 1. The Morgan fingerprint density at radius 2 is 2.33 bits per heavy atom. The maximum atomic E-state index is 5.37. The first kappa shape index (κ1) is 11.7. The van der Waals surface area contributed by atoms with E-state index in [4.69, 9.17) is 4.74 Å². The van der Waals surface area contributed by atoms with Gasteiger partial charge in [0.15, 0.2) is 0 Å². The highest BCUT2D eigenvalue weighted by atomic mass is 16.5. The van der Waals surface area contributed by atoms with Gasteiger partial charge in [0.1, 0.15) is 0 Å². The van der Waals surface area contributed by atoms with Crippen molar-refractivity contribution in [3.05, 3.63) is 30.0 Å². The Bertz CT molecular complexity index is 529. The molecule has 0 bridgehead atoms. The predicted octanol–water partition coefficient (Wildman–Crippen LogP) is 1.70. The molecule has 0 spiro atoms. The molecule has 1 atom stereocenters. The van der Waals surface area contributed by atoms with Crippen molar-refractivity contribution >= 4 is 10.9 Å². The van der Waals surface area contributed by atoms with E-state index in [9.17, 15) is 0 Å². The van der Waals surface area contributed by atoms with E-state index in [1.54, 1.807) is 0 Å². The van der Waals surface area contributed by atoms with Gasteiger partial charge in [-0.15, -0.1) is 0 Å². The Hall–Kier alpha value is -1.39. The summed E-state index contributed by atoms with van der Waals surface area (Å²) >= 11 is 0. The van der Waals surface area contributed by atoms with E-state index in [2.05, 4.69) is 34.7 Å². The molecule has 1 aliphatic rings. The van der Waals surface area contributed by atoms with E-state index in [0.717, 1.165) is 32.0 Å². The lowest BCUT2D eigenvalue weighted by molar-refractivity contribution is 0.185. The second-order valence-electron chi connectivity index (χ2n) is 4.95. The third-order valence-corrected chi connectivity index (χ3v) is 3.58. The summed E-state index contributed by atoms with van der Waals surface area (Å²) in [5.41, 5.74) is 2.32. The summed E-state index contributed by atoms with van der Waals surface area (Å²) in [5.74, 6) is 0.667. The molecule has 1 saturated heterocycles. The molecule has 18 heavy (non-hydrogen) atoms. The van der Waals surface area contributed by atoms with Gasteiger partial charge in [0.05, 0.1) is 17.8 Å². The normalized spacial score (nSPS) is 19.7. The van der Waals surface area contributed by atoms with Crippen LogP contribution >= 0.6 is 0 Å². The lowest BCUT2D eigenvalue weighted by Crippen LogP contribution is -2.22. The highest BCUT2D eigenvalue weighted by Gasteiger charge is 2.15. The first-order valence-electron chi connectivity index (χ1n) is 6.53. The minimum absolute atomic E-state index is 0.667. The van der Waals surface area contributed by atoms with Gasteiger partial charge in [-0.25, -0.2) is 0 Å². The van der Waals surface area contributed by atoms with Gasteiger partial charge in [0.25, 0.3) is 0 Å². The molecule has 1 N–H and O–H groups in total. The van der Waals surface area contributed by atoms with E-state index in [-0.39, 0.29) is 0 Å².